The molecule has 2 aromatic rings. The number of anilines is 1. The van der Waals surface area contributed by atoms with Crippen LogP contribution in [0, 0.1) is 5.82 Å². The highest BCUT2D eigenvalue weighted by molar-refractivity contribution is 5.92. The number of aliphatic hydroxyl groups is 1. The zero-order valence-corrected chi connectivity index (χ0v) is 13.3. The standard InChI is InChI=1S/C17H20FN3O3/c1-23-16-4-2-3-13(9-16)21-17(19)20-10-14(22)11-24-15-7-5-12(18)6-8-15/h2-9,14,22H,10-11H2,1H3,(H3,19,20,21). The van der Waals surface area contributed by atoms with Gasteiger partial charge in [0.15, 0.2) is 5.96 Å². The van der Waals surface area contributed by atoms with Gasteiger partial charge in [-0.2, -0.15) is 0 Å². The van der Waals surface area contributed by atoms with E-state index in [0.717, 1.165) is 5.69 Å². The van der Waals surface area contributed by atoms with Crippen molar-refractivity contribution in [3.63, 3.8) is 0 Å². The fourth-order valence-electron chi connectivity index (χ4n) is 1.87. The van der Waals surface area contributed by atoms with Crippen molar-refractivity contribution < 1.29 is 19.0 Å². The zero-order chi connectivity index (χ0) is 17.4. The third-order valence-electron chi connectivity index (χ3n) is 3.07. The molecule has 0 fully saturated rings. The van der Waals surface area contributed by atoms with Gasteiger partial charge in [0.2, 0.25) is 0 Å². The Morgan fingerprint density at radius 1 is 1.25 bits per heavy atom. The Hall–Kier alpha value is -2.80. The van der Waals surface area contributed by atoms with E-state index >= 15 is 0 Å². The van der Waals surface area contributed by atoms with E-state index in [1.807, 2.05) is 18.2 Å². The lowest BCUT2D eigenvalue weighted by atomic mass is 10.3. The largest absolute Gasteiger partial charge is 0.497 e. The number of guanidine groups is 1. The number of aliphatic hydroxyl groups excluding tert-OH is 1. The van der Waals surface area contributed by atoms with Gasteiger partial charge in [-0.05, 0) is 36.4 Å². The van der Waals surface area contributed by atoms with E-state index in [0.29, 0.717) is 11.5 Å². The van der Waals surface area contributed by atoms with Crippen molar-refractivity contribution in [3.05, 3.63) is 54.3 Å². The lowest BCUT2D eigenvalue weighted by Gasteiger charge is -2.11. The topological polar surface area (TPSA) is 89.1 Å². The second-order valence-corrected chi connectivity index (χ2v) is 5.00. The van der Waals surface area contributed by atoms with Crippen LogP contribution >= 0.6 is 0 Å². The molecule has 1 unspecified atom stereocenters. The molecular formula is C17H20FN3O3. The van der Waals surface area contributed by atoms with Gasteiger partial charge >= 0.3 is 0 Å². The Labute approximate surface area is 139 Å². The van der Waals surface area contributed by atoms with Gasteiger partial charge in [-0.3, -0.25) is 4.99 Å². The fraction of sp³-hybridized carbons (Fsp3) is 0.235. The van der Waals surface area contributed by atoms with E-state index in [1.165, 1.54) is 24.3 Å². The van der Waals surface area contributed by atoms with E-state index in [2.05, 4.69) is 10.3 Å². The Bertz CT molecular complexity index is 677. The molecule has 0 aliphatic heterocycles. The number of hydrogen-bond acceptors (Lipinski definition) is 4. The smallest absolute Gasteiger partial charge is 0.193 e. The number of benzene rings is 2. The van der Waals surface area contributed by atoms with Crippen molar-refractivity contribution in [2.45, 2.75) is 6.10 Å². The lowest BCUT2D eigenvalue weighted by molar-refractivity contribution is 0.114. The molecule has 0 saturated heterocycles. The van der Waals surface area contributed by atoms with Crippen molar-refractivity contribution in [1.82, 2.24) is 0 Å². The Morgan fingerprint density at radius 3 is 2.71 bits per heavy atom. The number of nitrogens with one attached hydrogen (secondary N) is 1. The molecule has 0 saturated carbocycles. The Balaban J connectivity index is 1.79. The van der Waals surface area contributed by atoms with Crippen LogP contribution in [0.3, 0.4) is 0 Å². The van der Waals surface area contributed by atoms with Crippen molar-refractivity contribution in [1.29, 1.82) is 0 Å². The van der Waals surface area contributed by atoms with Crippen molar-refractivity contribution in [2.75, 3.05) is 25.6 Å². The first kappa shape index (κ1) is 17.6. The van der Waals surface area contributed by atoms with E-state index in [1.54, 1.807) is 13.2 Å². The molecule has 7 heteroatoms. The SMILES string of the molecule is COc1cccc(NC(N)=NCC(O)COc2ccc(F)cc2)c1. The molecule has 2 aromatic carbocycles. The summed E-state index contributed by atoms with van der Waals surface area (Å²) in [4.78, 5) is 4.05. The average Bonchev–Trinajstić information content (AvgIpc) is 2.59. The molecule has 4 N–H and O–H groups in total. The summed E-state index contributed by atoms with van der Waals surface area (Å²) in [5.74, 6) is 0.996. The first-order chi connectivity index (χ1) is 11.6. The molecule has 0 aromatic heterocycles. The molecular weight excluding hydrogens is 313 g/mol. The maximum atomic E-state index is 12.8. The van der Waals surface area contributed by atoms with Crippen molar-refractivity contribution in [3.8, 4) is 11.5 Å². The number of rotatable bonds is 7. The predicted octanol–water partition coefficient (Wildman–Crippen LogP) is 2.00. The van der Waals surface area contributed by atoms with Gasteiger partial charge in [0.25, 0.3) is 0 Å². The number of ether oxygens (including phenoxy) is 2. The minimum absolute atomic E-state index is 0.0293. The van der Waals surface area contributed by atoms with Gasteiger partial charge in [0, 0.05) is 11.8 Å². The van der Waals surface area contributed by atoms with Gasteiger partial charge in [-0.15, -0.1) is 0 Å². The average molecular weight is 333 g/mol. The number of methoxy groups -OCH3 is 1. The quantitative estimate of drug-likeness (QED) is 0.533. The Morgan fingerprint density at radius 2 is 2.00 bits per heavy atom. The molecule has 0 radical (unpaired) electrons. The normalized spacial score (nSPS) is 12.5. The highest BCUT2D eigenvalue weighted by Gasteiger charge is 2.05. The summed E-state index contributed by atoms with van der Waals surface area (Å²) in [6, 6.07) is 12.8. The summed E-state index contributed by atoms with van der Waals surface area (Å²) in [7, 11) is 1.58. The van der Waals surface area contributed by atoms with Crippen molar-refractivity contribution in [2.24, 2.45) is 10.7 Å². The van der Waals surface area contributed by atoms with Crippen LogP contribution < -0.4 is 20.5 Å². The maximum Gasteiger partial charge on any atom is 0.193 e. The monoisotopic (exact) mass is 333 g/mol. The van der Waals surface area contributed by atoms with E-state index < -0.39 is 6.10 Å². The van der Waals surface area contributed by atoms with E-state index in [4.69, 9.17) is 15.2 Å². The van der Waals surface area contributed by atoms with Crippen LogP contribution in [-0.4, -0.2) is 37.4 Å². The third kappa shape index (κ3) is 5.77. The summed E-state index contributed by atoms with van der Waals surface area (Å²) in [5.41, 5.74) is 6.50. The van der Waals surface area contributed by atoms with Gasteiger partial charge in [0.05, 0.1) is 13.7 Å². The molecule has 6 nitrogen and oxygen atoms in total. The van der Waals surface area contributed by atoms with Gasteiger partial charge in [-0.1, -0.05) is 6.07 Å². The number of nitrogens with zero attached hydrogens (tertiary/aromatic N) is 1. The molecule has 0 heterocycles. The molecule has 1 atom stereocenters. The zero-order valence-electron chi connectivity index (χ0n) is 13.3. The molecule has 24 heavy (non-hydrogen) atoms. The highest BCUT2D eigenvalue weighted by atomic mass is 19.1. The summed E-state index contributed by atoms with van der Waals surface area (Å²) in [6.45, 7) is 0.103. The minimum Gasteiger partial charge on any atom is -0.497 e. The summed E-state index contributed by atoms with van der Waals surface area (Å²) >= 11 is 0. The number of hydrogen-bond donors (Lipinski definition) is 3. The van der Waals surface area contributed by atoms with E-state index in [-0.39, 0.29) is 24.9 Å². The van der Waals surface area contributed by atoms with Gasteiger partial charge < -0.3 is 25.6 Å². The van der Waals surface area contributed by atoms with Crippen LogP contribution in [-0.2, 0) is 0 Å². The maximum absolute atomic E-state index is 12.8. The minimum atomic E-state index is -0.833. The molecule has 0 spiro atoms. The van der Waals surface area contributed by atoms with Crippen LogP contribution in [0.25, 0.3) is 0 Å². The first-order valence-electron chi connectivity index (χ1n) is 7.34. The number of aliphatic imine (C=N–C) groups is 1. The van der Waals surface area contributed by atoms with Crippen LogP contribution in [0.2, 0.25) is 0 Å². The third-order valence-corrected chi connectivity index (χ3v) is 3.07. The first-order valence-corrected chi connectivity index (χ1v) is 7.34. The second-order valence-electron chi connectivity index (χ2n) is 5.00. The van der Waals surface area contributed by atoms with Crippen LogP contribution in [0.5, 0.6) is 11.5 Å². The lowest BCUT2D eigenvalue weighted by Crippen LogP contribution is -2.27. The second kappa shape index (κ2) is 8.73. The molecule has 0 bridgehead atoms. The molecule has 128 valence electrons. The summed E-state index contributed by atoms with van der Waals surface area (Å²) < 4.78 is 23.2. The Kier molecular flexibility index (Phi) is 6.39. The molecule has 0 aliphatic carbocycles. The van der Waals surface area contributed by atoms with Crippen molar-refractivity contribution >= 4 is 11.6 Å². The van der Waals surface area contributed by atoms with Crippen LogP contribution in [0.1, 0.15) is 0 Å². The van der Waals surface area contributed by atoms with Gasteiger partial charge in [0.1, 0.15) is 30.0 Å². The highest BCUT2D eigenvalue weighted by Crippen LogP contribution is 2.16. The predicted molar refractivity (Wildman–Crippen MR) is 91.0 cm³/mol. The number of nitrogens with two attached hydrogens (primary N) is 1. The summed E-state index contributed by atoms with van der Waals surface area (Å²) in [6.07, 6.45) is -0.833. The summed E-state index contributed by atoms with van der Waals surface area (Å²) in [5, 5.41) is 12.8. The molecule has 0 aliphatic rings. The number of halogens is 1. The fourth-order valence-corrected chi connectivity index (χ4v) is 1.87. The molecule has 0 amide bonds. The van der Waals surface area contributed by atoms with Gasteiger partial charge in [-0.25, -0.2) is 4.39 Å². The van der Waals surface area contributed by atoms with Crippen LogP contribution in [0.15, 0.2) is 53.5 Å². The molecule has 2 rings (SSSR count). The van der Waals surface area contributed by atoms with E-state index in [9.17, 15) is 9.50 Å². The van der Waals surface area contributed by atoms with Crippen LogP contribution in [0.4, 0.5) is 10.1 Å².